The monoisotopic (exact) mass is 611 g/mol. The summed E-state index contributed by atoms with van der Waals surface area (Å²) in [5.41, 5.74) is 2.79. The first-order valence-electron chi connectivity index (χ1n) is 15.4. The third-order valence-corrected chi connectivity index (χ3v) is 8.08. The molecule has 1 saturated carbocycles. The number of benzene rings is 1. The van der Waals surface area contributed by atoms with Gasteiger partial charge in [0.25, 0.3) is 5.91 Å². The average Bonchev–Trinajstić information content (AvgIpc) is 3.59. The summed E-state index contributed by atoms with van der Waals surface area (Å²) in [6, 6.07) is 6.08. The van der Waals surface area contributed by atoms with Crippen LogP contribution in [0, 0.1) is 5.41 Å². The van der Waals surface area contributed by atoms with Crippen molar-refractivity contribution >= 4 is 29.6 Å². The van der Waals surface area contributed by atoms with Gasteiger partial charge in [-0.2, -0.15) is 0 Å². The van der Waals surface area contributed by atoms with Gasteiger partial charge in [0.05, 0.1) is 12.6 Å². The number of ether oxygens (including phenoxy) is 1. The van der Waals surface area contributed by atoms with Crippen LogP contribution in [0.2, 0.25) is 0 Å². The fourth-order valence-corrected chi connectivity index (χ4v) is 5.43. The first-order chi connectivity index (χ1) is 20.9. The molecule has 44 heavy (non-hydrogen) atoms. The number of nitrogens with one attached hydrogen (secondary N) is 4. The minimum Gasteiger partial charge on any atom is -0.445 e. The number of hydrogen-bond donors (Lipinski definition) is 4. The van der Waals surface area contributed by atoms with Crippen LogP contribution in [-0.2, 0) is 35.4 Å². The number of rotatable bonds is 12. The van der Waals surface area contributed by atoms with Crippen LogP contribution in [0.1, 0.15) is 78.7 Å². The van der Waals surface area contributed by atoms with E-state index < -0.39 is 58.7 Å². The summed E-state index contributed by atoms with van der Waals surface area (Å²) in [7, 11) is 0. The van der Waals surface area contributed by atoms with E-state index >= 15 is 0 Å². The number of carbonyl (C=O) groups excluding carboxylic acids is 5. The molecule has 1 spiro atoms. The van der Waals surface area contributed by atoms with E-state index in [1.807, 2.05) is 71.0 Å². The SMILES string of the molecule is CCC[C@H](NC(=O)[C@@H]1C[C@]2(C=C(CC)NO2)CN1C(=O)[C@@H](NC(=O)OCc1ccccc1)C(C)(C)C)C(=O)C(=O)NC1CC1. The summed E-state index contributed by atoms with van der Waals surface area (Å²) in [5.74, 6) is -2.48. The molecule has 2 fully saturated rings. The van der Waals surface area contributed by atoms with Gasteiger partial charge in [-0.05, 0) is 42.7 Å². The average molecular weight is 612 g/mol. The first-order valence-corrected chi connectivity index (χ1v) is 15.4. The van der Waals surface area contributed by atoms with E-state index in [0.29, 0.717) is 12.8 Å². The first kappa shape index (κ1) is 33.0. The van der Waals surface area contributed by atoms with E-state index in [1.54, 1.807) is 0 Å². The van der Waals surface area contributed by atoms with Gasteiger partial charge in [-0.15, -0.1) is 0 Å². The Balaban J connectivity index is 1.54. The fraction of sp³-hybridized carbons (Fsp3) is 0.594. The van der Waals surface area contributed by atoms with Crippen LogP contribution in [0.4, 0.5) is 4.79 Å². The van der Waals surface area contributed by atoms with Crippen molar-refractivity contribution in [2.75, 3.05) is 6.54 Å². The Morgan fingerprint density at radius 1 is 1.09 bits per heavy atom. The number of hydrogen-bond acceptors (Lipinski definition) is 8. The summed E-state index contributed by atoms with van der Waals surface area (Å²) in [5, 5.41) is 8.16. The van der Waals surface area contributed by atoms with Gasteiger partial charge in [-0.1, -0.05) is 71.4 Å². The van der Waals surface area contributed by atoms with Crippen LogP contribution in [0.15, 0.2) is 42.1 Å². The van der Waals surface area contributed by atoms with Crippen LogP contribution in [0.3, 0.4) is 0 Å². The largest absolute Gasteiger partial charge is 0.445 e. The molecule has 4 N–H and O–H groups in total. The number of hydroxylamine groups is 1. The molecule has 0 radical (unpaired) electrons. The molecule has 1 aromatic carbocycles. The Kier molecular flexibility index (Phi) is 10.3. The van der Waals surface area contributed by atoms with Gasteiger partial charge in [0.1, 0.15) is 24.3 Å². The second kappa shape index (κ2) is 13.8. The lowest BCUT2D eigenvalue weighted by molar-refractivity contribution is -0.144. The van der Waals surface area contributed by atoms with Crippen LogP contribution in [-0.4, -0.2) is 70.8 Å². The lowest BCUT2D eigenvalue weighted by atomic mass is 9.85. The molecule has 1 saturated heterocycles. The zero-order valence-corrected chi connectivity index (χ0v) is 26.2. The molecule has 4 rings (SSSR count). The molecule has 2 heterocycles. The predicted molar refractivity (Wildman–Crippen MR) is 161 cm³/mol. The Bertz CT molecular complexity index is 1270. The quantitative estimate of drug-likeness (QED) is 0.263. The molecule has 1 aliphatic carbocycles. The predicted octanol–water partition coefficient (Wildman–Crippen LogP) is 2.63. The maximum Gasteiger partial charge on any atom is 0.408 e. The fourth-order valence-electron chi connectivity index (χ4n) is 5.43. The van der Waals surface area contributed by atoms with Gasteiger partial charge < -0.3 is 25.6 Å². The Morgan fingerprint density at radius 2 is 1.80 bits per heavy atom. The van der Waals surface area contributed by atoms with Gasteiger partial charge in [0.15, 0.2) is 0 Å². The molecule has 4 atom stereocenters. The molecular weight excluding hydrogens is 566 g/mol. The Labute approximate surface area is 258 Å². The highest BCUT2D eigenvalue weighted by Crippen LogP contribution is 2.37. The summed E-state index contributed by atoms with van der Waals surface area (Å²) in [6.07, 6.45) is 4.38. The molecule has 0 unspecified atom stereocenters. The minimum absolute atomic E-state index is 0.00000907. The highest BCUT2D eigenvalue weighted by molar-refractivity contribution is 6.38. The zero-order valence-electron chi connectivity index (χ0n) is 26.2. The van der Waals surface area contributed by atoms with Gasteiger partial charge in [0.2, 0.25) is 17.6 Å². The number of ketones is 1. The third-order valence-electron chi connectivity index (χ3n) is 8.08. The number of alkyl carbamates (subject to hydrolysis) is 1. The zero-order chi connectivity index (χ0) is 32.1. The van der Waals surface area contributed by atoms with E-state index in [1.165, 1.54) is 4.90 Å². The van der Waals surface area contributed by atoms with Crippen LogP contribution in [0.5, 0.6) is 0 Å². The molecule has 12 nitrogen and oxygen atoms in total. The smallest absolute Gasteiger partial charge is 0.408 e. The van der Waals surface area contributed by atoms with Crippen molar-refractivity contribution in [1.29, 1.82) is 0 Å². The minimum atomic E-state index is -1.04. The van der Waals surface area contributed by atoms with Crippen molar-refractivity contribution in [2.24, 2.45) is 5.41 Å². The molecule has 0 bridgehead atoms. The Morgan fingerprint density at radius 3 is 2.39 bits per heavy atom. The maximum absolute atomic E-state index is 14.2. The van der Waals surface area contributed by atoms with Crippen molar-refractivity contribution in [3.8, 4) is 0 Å². The van der Waals surface area contributed by atoms with Gasteiger partial charge >= 0.3 is 6.09 Å². The molecule has 240 valence electrons. The number of Topliss-reactive ketones (excluding diaryl/α,β-unsaturated/α-hetero) is 1. The van der Waals surface area contributed by atoms with Crippen molar-refractivity contribution in [3.63, 3.8) is 0 Å². The topological polar surface area (TPSA) is 155 Å². The highest BCUT2D eigenvalue weighted by Gasteiger charge is 2.53. The number of likely N-dealkylation sites (tertiary alicyclic amines) is 1. The molecule has 12 heteroatoms. The second-order valence-electron chi connectivity index (χ2n) is 12.9. The molecule has 0 aromatic heterocycles. The highest BCUT2D eigenvalue weighted by atomic mass is 16.7. The van der Waals surface area contributed by atoms with Crippen LogP contribution >= 0.6 is 0 Å². The normalized spacial score (nSPS) is 22.4. The van der Waals surface area contributed by atoms with Gasteiger partial charge in [0, 0.05) is 18.2 Å². The van der Waals surface area contributed by atoms with Gasteiger partial charge in [-0.25, -0.2) is 4.79 Å². The van der Waals surface area contributed by atoms with E-state index in [4.69, 9.17) is 9.57 Å². The van der Waals surface area contributed by atoms with Crippen LogP contribution in [0.25, 0.3) is 0 Å². The van der Waals surface area contributed by atoms with Crippen molar-refractivity contribution in [3.05, 3.63) is 47.7 Å². The second-order valence-corrected chi connectivity index (χ2v) is 12.9. The van der Waals surface area contributed by atoms with Crippen molar-refractivity contribution in [2.45, 2.75) is 110 Å². The van der Waals surface area contributed by atoms with Crippen LogP contribution < -0.4 is 21.4 Å². The van der Waals surface area contributed by atoms with Crippen molar-refractivity contribution in [1.82, 2.24) is 26.3 Å². The number of carbonyl (C=O) groups is 5. The number of allylic oxidation sites excluding steroid dienone is 1. The number of amides is 4. The lowest BCUT2D eigenvalue weighted by Crippen LogP contribution is -2.59. The third kappa shape index (κ3) is 8.16. The molecular formula is C32H45N5O7. The van der Waals surface area contributed by atoms with E-state index in [0.717, 1.165) is 24.1 Å². The summed E-state index contributed by atoms with van der Waals surface area (Å²) in [4.78, 5) is 73.8. The maximum atomic E-state index is 14.2. The summed E-state index contributed by atoms with van der Waals surface area (Å²) >= 11 is 0. The lowest BCUT2D eigenvalue weighted by Gasteiger charge is -2.35. The van der Waals surface area contributed by atoms with Crippen molar-refractivity contribution < 1.29 is 33.5 Å². The molecule has 2 aliphatic heterocycles. The number of nitrogens with zero attached hydrogens (tertiary/aromatic N) is 1. The van der Waals surface area contributed by atoms with E-state index in [2.05, 4.69) is 21.4 Å². The van der Waals surface area contributed by atoms with E-state index in [-0.39, 0.29) is 32.0 Å². The van der Waals surface area contributed by atoms with E-state index in [9.17, 15) is 24.0 Å². The Hall–Kier alpha value is -3.93. The molecule has 3 aliphatic rings. The summed E-state index contributed by atoms with van der Waals surface area (Å²) in [6.45, 7) is 9.32. The molecule has 4 amide bonds. The standard InChI is InChI=1S/C32H45N5O7/c1-6-11-23(25(38)28(40)33-22-14-15-22)34-27(39)24-17-32(16-21(7-2)36-44-32)19-37(24)29(41)26(31(3,4)5)35-30(42)43-18-20-12-9-8-10-13-20/h8-10,12-13,16,22-24,26,36H,6-7,11,14-15,17-19H2,1-5H3,(H,33,40)(H,34,39)(H,35,42)/t23-,24-,26+,32+/m0/s1. The van der Waals surface area contributed by atoms with Gasteiger partial charge in [-0.3, -0.25) is 29.5 Å². The molecule has 1 aromatic rings. The summed E-state index contributed by atoms with van der Waals surface area (Å²) < 4.78 is 5.40.